The molecule has 1 heterocycles. The molecule has 0 aliphatic heterocycles. The average Bonchev–Trinajstić information content (AvgIpc) is 2.55. The molecule has 0 aliphatic rings. The first-order valence-electron chi connectivity index (χ1n) is 5.14. The van der Waals surface area contributed by atoms with Gasteiger partial charge in [-0.05, 0) is 13.5 Å². The summed E-state index contributed by atoms with van der Waals surface area (Å²) in [5, 5.41) is 9.99. The van der Waals surface area contributed by atoms with Crippen molar-refractivity contribution >= 4 is 18.3 Å². The zero-order valence-electron chi connectivity index (χ0n) is 9.91. The summed E-state index contributed by atoms with van der Waals surface area (Å²) in [7, 11) is 1.82. The Balaban J connectivity index is 0.00000225. The minimum atomic E-state index is -0.0569. The van der Waals surface area contributed by atoms with E-state index in [1.807, 2.05) is 20.9 Å². The second-order valence-corrected chi connectivity index (χ2v) is 3.38. The molecule has 1 aromatic rings. The minimum Gasteiger partial charge on any atom is -0.351 e. The zero-order chi connectivity index (χ0) is 11.3. The number of carbonyl (C=O) groups is 1. The van der Waals surface area contributed by atoms with Crippen molar-refractivity contribution in [2.24, 2.45) is 7.05 Å². The summed E-state index contributed by atoms with van der Waals surface area (Å²) in [6.45, 7) is 6.27. The summed E-state index contributed by atoms with van der Waals surface area (Å²) in [5.41, 5.74) is 1.53. The van der Waals surface area contributed by atoms with Crippen LogP contribution in [0.2, 0.25) is 0 Å². The minimum absolute atomic E-state index is 0. The number of aryl methyl sites for hydroxylation is 1. The van der Waals surface area contributed by atoms with Crippen LogP contribution in [-0.4, -0.2) is 35.3 Å². The van der Waals surface area contributed by atoms with Gasteiger partial charge in [-0.2, -0.15) is 5.10 Å². The topological polar surface area (TPSA) is 58.9 Å². The van der Waals surface area contributed by atoms with E-state index < -0.39 is 0 Å². The smallest absolute Gasteiger partial charge is 0.254 e. The zero-order valence-corrected chi connectivity index (χ0v) is 10.7. The normalized spacial score (nSPS) is 9.69. The van der Waals surface area contributed by atoms with Crippen molar-refractivity contribution < 1.29 is 4.79 Å². The quantitative estimate of drug-likeness (QED) is 0.744. The van der Waals surface area contributed by atoms with Crippen molar-refractivity contribution in [3.8, 4) is 0 Å². The van der Waals surface area contributed by atoms with E-state index in [-0.39, 0.29) is 18.3 Å². The number of halogens is 1. The summed E-state index contributed by atoms with van der Waals surface area (Å²) in [4.78, 5) is 11.6. The van der Waals surface area contributed by atoms with Gasteiger partial charge in [0.05, 0.1) is 11.8 Å². The van der Waals surface area contributed by atoms with Crippen LogP contribution >= 0.6 is 12.4 Å². The summed E-state index contributed by atoms with van der Waals surface area (Å²) in [6, 6.07) is 0. The molecule has 6 heteroatoms. The average molecular weight is 247 g/mol. The van der Waals surface area contributed by atoms with Gasteiger partial charge in [0.15, 0.2) is 0 Å². The number of hydrogen-bond acceptors (Lipinski definition) is 3. The number of likely N-dealkylation sites (N-methyl/N-ethyl adjacent to an activating group) is 1. The first-order valence-corrected chi connectivity index (χ1v) is 5.14. The number of aromatic nitrogens is 2. The van der Waals surface area contributed by atoms with Crippen LogP contribution in [0.15, 0.2) is 6.20 Å². The molecule has 0 aromatic carbocycles. The van der Waals surface area contributed by atoms with Crippen molar-refractivity contribution in [2.45, 2.75) is 13.8 Å². The molecule has 0 aliphatic carbocycles. The van der Waals surface area contributed by atoms with Crippen LogP contribution in [0.1, 0.15) is 23.0 Å². The molecule has 1 rings (SSSR count). The number of hydrogen-bond donors (Lipinski definition) is 2. The molecule has 0 fully saturated rings. The third kappa shape index (κ3) is 3.83. The fraction of sp³-hybridized carbons (Fsp3) is 0.600. The predicted octanol–water partition coefficient (Wildman–Crippen LogP) is 0.490. The van der Waals surface area contributed by atoms with Crippen LogP contribution in [-0.2, 0) is 7.05 Å². The molecule has 92 valence electrons. The number of nitrogens with one attached hydrogen (secondary N) is 2. The van der Waals surface area contributed by atoms with Gasteiger partial charge < -0.3 is 10.6 Å². The fourth-order valence-electron chi connectivity index (χ4n) is 1.26. The maximum Gasteiger partial charge on any atom is 0.254 e. The molecule has 2 N–H and O–H groups in total. The highest BCUT2D eigenvalue weighted by molar-refractivity contribution is 5.94. The number of carbonyl (C=O) groups excluding carboxylic acids is 1. The van der Waals surface area contributed by atoms with Crippen molar-refractivity contribution in [1.82, 2.24) is 20.4 Å². The van der Waals surface area contributed by atoms with Crippen molar-refractivity contribution in [3.63, 3.8) is 0 Å². The summed E-state index contributed by atoms with van der Waals surface area (Å²) in [6.07, 6.45) is 1.60. The van der Waals surface area contributed by atoms with Crippen LogP contribution < -0.4 is 10.6 Å². The van der Waals surface area contributed by atoms with E-state index in [1.54, 1.807) is 10.9 Å². The predicted molar refractivity (Wildman–Crippen MR) is 66.1 cm³/mol. The van der Waals surface area contributed by atoms with Gasteiger partial charge >= 0.3 is 0 Å². The van der Waals surface area contributed by atoms with E-state index in [2.05, 4.69) is 15.7 Å². The van der Waals surface area contributed by atoms with Crippen LogP contribution in [0.5, 0.6) is 0 Å². The van der Waals surface area contributed by atoms with Crippen molar-refractivity contribution in [1.29, 1.82) is 0 Å². The van der Waals surface area contributed by atoms with Gasteiger partial charge in [0, 0.05) is 25.8 Å². The third-order valence-electron chi connectivity index (χ3n) is 2.32. The molecule has 1 aromatic heterocycles. The molecule has 5 nitrogen and oxygen atoms in total. The van der Waals surface area contributed by atoms with E-state index in [0.717, 1.165) is 18.8 Å². The van der Waals surface area contributed by atoms with E-state index in [1.165, 1.54) is 0 Å². The van der Waals surface area contributed by atoms with Gasteiger partial charge in [0.2, 0.25) is 0 Å². The van der Waals surface area contributed by atoms with Crippen LogP contribution in [0.3, 0.4) is 0 Å². The molecule has 0 unspecified atom stereocenters. The molecule has 0 saturated heterocycles. The van der Waals surface area contributed by atoms with Gasteiger partial charge in [-0.25, -0.2) is 0 Å². The SMILES string of the molecule is CCNCCNC(=O)c1cnn(C)c1C.Cl. The van der Waals surface area contributed by atoms with E-state index in [9.17, 15) is 4.79 Å². The monoisotopic (exact) mass is 246 g/mol. The molecule has 0 atom stereocenters. The lowest BCUT2D eigenvalue weighted by atomic mass is 10.2. The van der Waals surface area contributed by atoms with Crippen molar-refractivity contribution in [2.75, 3.05) is 19.6 Å². The molecule has 0 spiro atoms. The second-order valence-electron chi connectivity index (χ2n) is 3.38. The Morgan fingerprint density at radius 3 is 2.69 bits per heavy atom. The van der Waals surface area contributed by atoms with E-state index in [0.29, 0.717) is 12.1 Å². The highest BCUT2D eigenvalue weighted by Gasteiger charge is 2.11. The Bertz CT molecular complexity index is 338. The number of nitrogens with zero attached hydrogens (tertiary/aromatic N) is 2. The molecule has 0 radical (unpaired) electrons. The largest absolute Gasteiger partial charge is 0.351 e. The standard InChI is InChI=1S/C10H18N4O.ClH/c1-4-11-5-6-12-10(15)9-7-13-14(3)8(9)2;/h7,11H,4-6H2,1-3H3,(H,12,15);1H. The second kappa shape index (κ2) is 7.24. The number of rotatable bonds is 5. The third-order valence-corrected chi connectivity index (χ3v) is 2.32. The number of amides is 1. The Labute approximate surface area is 102 Å². The highest BCUT2D eigenvalue weighted by Crippen LogP contribution is 2.04. The Hall–Kier alpha value is -1.07. The van der Waals surface area contributed by atoms with E-state index in [4.69, 9.17) is 0 Å². The van der Waals surface area contributed by atoms with Gasteiger partial charge in [0.25, 0.3) is 5.91 Å². The van der Waals surface area contributed by atoms with Gasteiger partial charge in [0.1, 0.15) is 0 Å². The Morgan fingerprint density at radius 2 is 2.19 bits per heavy atom. The lowest BCUT2D eigenvalue weighted by Crippen LogP contribution is -2.31. The highest BCUT2D eigenvalue weighted by atomic mass is 35.5. The fourth-order valence-corrected chi connectivity index (χ4v) is 1.26. The Morgan fingerprint density at radius 1 is 1.50 bits per heavy atom. The molecule has 0 bridgehead atoms. The molecule has 0 saturated carbocycles. The molecular formula is C10H19ClN4O. The van der Waals surface area contributed by atoms with Gasteiger partial charge in [-0.1, -0.05) is 6.92 Å². The lowest BCUT2D eigenvalue weighted by molar-refractivity contribution is 0.0953. The van der Waals surface area contributed by atoms with E-state index >= 15 is 0 Å². The molecular weight excluding hydrogens is 228 g/mol. The first-order chi connectivity index (χ1) is 7.16. The molecule has 1 amide bonds. The van der Waals surface area contributed by atoms with Crippen LogP contribution in [0, 0.1) is 6.92 Å². The molecule has 16 heavy (non-hydrogen) atoms. The lowest BCUT2D eigenvalue weighted by Gasteiger charge is -2.04. The van der Waals surface area contributed by atoms with Gasteiger partial charge in [-0.15, -0.1) is 12.4 Å². The van der Waals surface area contributed by atoms with Crippen LogP contribution in [0.25, 0.3) is 0 Å². The first kappa shape index (κ1) is 14.9. The maximum atomic E-state index is 11.6. The van der Waals surface area contributed by atoms with Crippen molar-refractivity contribution in [3.05, 3.63) is 17.5 Å². The summed E-state index contributed by atoms with van der Waals surface area (Å²) < 4.78 is 1.69. The van der Waals surface area contributed by atoms with Gasteiger partial charge in [-0.3, -0.25) is 9.48 Å². The Kier molecular flexibility index (Phi) is 6.76. The van der Waals surface area contributed by atoms with Crippen LogP contribution in [0.4, 0.5) is 0 Å². The maximum absolute atomic E-state index is 11.6. The summed E-state index contributed by atoms with van der Waals surface area (Å²) in [5.74, 6) is -0.0569. The summed E-state index contributed by atoms with van der Waals surface area (Å²) >= 11 is 0.